The van der Waals surface area contributed by atoms with Crippen LogP contribution in [0.25, 0.3) is 0 Å². The highest BCUT2D eigenvalue weighted by Crippen LogP contribution is 2.30. The highest BCUT2D eigenvalue weighted by molar-refractivity contribution is 9.10. The number of benzene rings is 3. The Balaban J connectivity index is 1.93. The lowest BCUT2D eigenvalue weighted by Gasteiger charge is -2.29. The van der Waals surface area contributed by atoms with E-state index < -0.39 is 27.2 Å². The maximum atomic E-state index is 14.5. The fourth-order valence-corrected chi connectivity index (χ4v) is 5.43. The number of sulfonamides is 1. The van der Waals surface area contributed by atoms with Gasteiger partial charge in [-0.3, -0.25) is 0 Å². The second-order valence-corrected chi connectivity index (χ2v) is 11.0. The van der Waals surface area contributed by atoms with Crippen LogP contribution >= 0.6 is 15.9 Å². The van der Waals surface area contributed by atoms with E-state index in [2.05, 4.69) is 15.9 Å². The molecule has 0 saturated heterocycles. The van der Waals surface area contributed by atoms with Gasteiger partial charge in [0.15, 0.2) is 0 Å². The maximum absolute atomic E-state index is 14.5. The summed E-state index contributed by atoms with van der Waals surface area (Å²) in [6, 6.07) is 18.3. The van der Waals surface area contributed by atoms with Gasteiger partial charge in [0.25, 0.3) is 0 Å². The van der Waals surface area contributed by atoms with Crippen LogP contribution in [0.5, 0.6) is 11.5 Å². The molecule has 0 aliphatic heterocycles. The number of hydrogen-bond acceptors (Lipinski definition) is 5. The molecule has 0 bridgehead atoms. The van der Waals surface area contributed by atoms with Crippen LogP contribution in [0, 0.1) is 5.82 Å². The molecule has 3 aromatic rings. The lowest BCUT2D eigenvalue weighted by atomic mass is 10.1. The van der Waals surface area contributed by atoms with Crippen molar-refractivity contribution in [2.75, 3.05) is 14.2 Å². The number of ether oxygens (including phenoxy) is 2. The fraction of sp³-hybridized carbons (Fsp3) is 0.280. The van der Waals surface area contributed by atoms with E-state index in [1.165, 1.54) is 23.4 Å². The fourth-order valence-electron chi connectivity index (χ4n) is 3.50. The Hall–Kier alpha value is -2.46. The number of rotatable bonds is 10. The smallest absolute Gasteiger partial charge is 0.220 e. The molecule has 2 atom stereocenters. The molecule has 0 aliphatic carbocycles. The first-order valence-corrected chi connectivity index (χ1v) is 12.8. The van der Waals surface area contributed by atoms with Crippen LogP contribution in [0.4, 0.5) is 4.39 Å². The Labute approximate surface area is 208 Å². The van der Waals surface area contributed by atoms with Gasteiger partial charge in [-0.1, -0.05) is 46.3 Å². The summed E-state index contributed by atoms with van der Waals surface area (Å²) in [5, 5.41) is 9.53. The highest BCUT2D eigenvalue weighted by atomic mass is 79.9. The van der Waals surface area contributed by atoms with E-state index in [-0.39, 0.29) is 18.7 Å². The second kappa shape index (κ2) is 11.3. The van der Waals surface area contributed by atoms with Gasteiger partial charge in [-0.15, -0.1) is 0 Å². The Morgan fingerprint density at radius 3 is 1.79 bits per heavy atom. The van der Waals surface area contributed by atoms with E-state index in [0.717, 1.165) is 11.1 Å². The number of aliphatic hydroxyl groups is 1. The molecule has 34 heavy (non-hydrogen) atoms. The van der Waals surface area contributed by atoms with Crippen molar-refractivity contribution in [2.45, 2.75) is 31.4 Å². The summed E-state index contributed by atoms with van der Waals surface area (Å²) < 4.78 is 53.9. The molecular weight excluding hydrogens is 525 g/mol. The summed E-state index contributed by atoms with van der Waals surface area (Å²) in [6.45, 7) is 1.52. The minimum Gasteiger partial charge on any atom is -0.497 e. The van der Waals surface area contributed by atoms with E-state index in [1.54, 1.807) is 68.8 Å². The monoisotopic (exact) mass is 551 g/mol. The third-order valence-corrected chi connectivity index (χ3v) is 8.26. The average molecular weight is 552 g/mol. The molecule has 9 heteroatoms. The van der Waals surface area contributed by atoms with Gasteiger partial charge < -0.3 is 14.6 Å². The Kier molecular flexibility index (Phi) is 8.70. The molecule has 0 unspecified atom stereocenters. The second-order valence-electron chi connectivity index (χ2n) is 7.82. The summed E-state index contributed by atoms with van der Waals surface area (Å²) in [4.78, 5) is 0. The van der Waals surface area contributed by atoms with Gasteiger partial charge in [0.1, 0.15) is 22.6 Å². The largest absolute Gasteiger partial charge is 0.497 e. The highest BCUT2D eigenvalue weighted by Gasteiger charge is 2.35. The molecule has 182 valence electrons. The van der Waals surface area contributed by atoms with Crippen LogP contribution < -0.4 is 9.47 Å². The molecular formula is C25H27BrFNO5S. The van der Waals surface area contributed by atoms with E-state index in [4.69, 9.17) is 9.47 Å². The van der Waals surface area contributed by atoms with Gasteiger partial charge in [-0.25, -0.2) is 12.8 Å². The zero-order valence-corrected chi connectivity index (χ0v) is 21.5. The zero-order chi connectivity index (χ0) is 24.9. The van der Waals surface area contributed by atoms with Crippen LogP contribution in [-0.2, 0) is 23.1 Å². The van der Waals surface area contributed by atoms with E-state index in [9.17, 15) is 17.9 Å². The number of halogens is 2. The van der Waals surface area contributed by atoms with Crippen LogP contribution in [0.15, 0.2) is 71.2 Å². The van der Waals surface area contributed by atoms with Crippen molar-refractivity contribution in [3.8, 4) is 11.5 Å². The molecule has 6 nitrogen and oxygen atoms in total. The molecule has 0 aromatic heterocycles. The number of nitrogens with zero attached hydrogens (tertiary/aromatic N) is 1. The van der Waals surface area contributed by atoms with Gasteiger partial charge in [-0.05, 0) is 54.4 Å². The zero-order valence-electron chi connectivity index (χ0n) is 19.1. The van der Waals surface area contributed by atoms with Crippen molar-refractivity contribution >= 4 is 26.0 Å². The Morgan fingerprint density at radius 1 is 0.912 bits per heavy atom. The van der Waals surface area contributed by atoms with Crippen LogP contribution in [0.3, 0.4) is 0 Å². The topological polar surface area (TPSA) is 76.1 Å². The van der Waals surface area contributed by atoms with E-state index >= 15 is 0 Å². The normalized spacial score (nSPS) is 13.5. The van der Waals surface area contributed by atoms with E-state index in [0.29, 0.717) is 16.0 Å². The molecule has 0 saturated carbocycles. The molecule has 0 spiro atoms. The quantitative estimate of drug-likeness (QED) is 0.381. The van der Waals surface area contributed by atoms with Crippen LogP contribution in [-0.4, -0.2) is 37.3 Å². The average Bonchev–Trinajstić information content (AvgIpc) is 2.83. The molecule has 3 rings (SSSR count). The minimum absolute atomic E-state index is 0.0677. The molecule has 3 aromatic carbocycles. The first-order valence-electron chi connectivity index (χ1n) is 10.5. The van der Waals surface area contributed by atoms with Crippen molar-refractivity contribution in [1.29, 1.82) is 0 Å². The third kappa shape index (κ3) is 6.15. The van der Waals surface area contributed by atoms with Crippen molar-refractivity contribution in [3.05, 3.63) is 93.7 Å². The van der Waals surface area contributed by atoms with Crippen molar-refractivity contribution < 1.29 is 27.4 Å². The van der Waals surface area contributed by atoms with Crippen molar-refractivity contribution in [2.24, 2.45) is 0 Å². The molecule has 0 amide bonds. The lowest BCUT2D eigenvalue weighted by molar-refractivity contribution is 0.167. The summed E-state index contributed by atoms with van der Waals surface area (Å²) in [6.07, 6.45) is -1.55. The third-order valence-electron chi connectivity index (χ3n) is 5.59. The molecule has 1 N–H and O–H groups in total. The molecule has 0 fully saturated rings. The molecule has 0 radical (unpaired) electrons. The first-order chi connectivity index (χ1) is 16.1. The van der Waals surface area contributed by atoms with Crippen molar-refractivity contribution in [3.63, 3.8) is 0 Å². The van der Waals surface area contributed by atoms with Gasteiger partial charge >= 0.3 is 0 Å². The molecule has 0 heterocycles. The standard InChI is InChI=1S/C25H27BrFNO5S/c1-17(25(29)23-13-8-20(26)14-24(23)27)34(30,31)28(15-18-4-9-21(32-2)10-5-18)16-19-6-11-22(33-3)12-7-19/h4-14,17,25,29H,15-16H2,1-3H3/t17-,25+/m0/s1. The summed E-state index contributed by atoms with van der Waals surface area (Å²) in [7, 11) is -0.950. The Morgan fingerprint density at radius 2 is 1.38 bits per heavy atom. The maximum Gasteiger partial charge on any atom is 0.220 e. The van der Waals surface area contributed by atoms with E-state index in [1.807, 2.05) is 0 Å². The lowest BCUT2D eigenvalue weighted by Crippen LogP contribution is -2.39. The minimum atomic E-state index is -4.06. The van der Waals surface area contributed by atoms with Gasteiger partial charge in [0.05, 0.1) is 20.3 Å². The SMILES string of the molecule is COc1ccc(CN(Cc2ccc(OC)cc2)S(=O)(=O)[C@@H](C)[C@@H](O)c2ccc(Br)cc2F)cc1. The predicted molar refractivity (Wildman–Crippen MR) is 133 cm³/mol. The first kappa shape index (κ1) is 26.2. The summed E-state index contributed by atoms with van der Waals surface area (Å²) in [5.74, 6) is 0.631. The molecule has 0 aliphatic rings. The number of methoxy groups -OCH3 is 2. The predicted octanol–water partition coefficient (Wildman–Crippen LogP) is 5.06. The number of hydrogen-bond donors (Lipinski definition) is 1. The van der Waals surface area contributed by atoms with Crippen LogP contribution in [0.2, 0.25) is 0 Å². The van der Waals surface area contributed by atoms with Crippen molar-refractivity contribution in [1.82, 2.24) is 4.31 Å². The summed E-state index contributed by atoms with van der Waals surface area (Å²) in [5.41, 5.74) is 1.41. The number of aliphatic hydroxyl groups excluding tert-OH is 1. The van der Waals surface area contributed by atoms with Gasteiger partial charge in [-0.2, -0.15) is 4.31 Å². The van der Waals surface area contributed by atoms with Gasteiger partial charge in [0, 0.05) is 23.1 Å². The summed E-state index contributed by atoms with van der Waals surface area (Å²) >= 11 is 3.17. The van der Waals surface area contributed by atoms with Gasteiger partial charge in [0.2, 0.25) is 10.0 Å². The van der Waals surface area contributed by atoms with Crippen LogP contribution in [0.1, 0.15) is 29.7 Å². The Bertz CT molecular complexity index is 1150.